The summed E-state index contributed by atoms with van der Waals surface area (Å²) < 4.78 is 5.42. The van der Waals surface area contributed by atoms with Crippen molar-refractivity contribution in [2.45, 2.75) is 0 Å². The molecule has 88 valence electrons. The van der Waals surface area contributed by atoms with Gasteiger partial charge < -0.3 is 10.5 Å². The molecule has 0 bridgehead atoms. The molecule has 0 radical (unpaired) electrons. The van der Waals surface area contributed by atoms with Crippen LogP contribution in [0.25, 0.3) is 11.1 Å². The van der Waals surface area contributed by atoms with Crippen LogP contribution in [0.1, 0.15) is 0 Å². The molecular formula is C14H14ClNO. The predicted molar refractivity (Wildman–Crippen MR) is 71.4 cm³/mol. The van der Waals surface area contributed by atoms with Crippen LogP contribution in [0.15, 0.2) is 48.5 Å². The van der Waals surface area contributed by atoms with Crippen LogP contribution in [0, 0.1) is 0 Å². The number of halogens is 1. The third-order valence-electron chi connectivity index (χ3n) is 2.40. The van der Waals surface area contributed by atoms with E-state index < -0.39 is 0 Å². The molecule has 0 aliphatic heterocycles. The lowest BCUT2D eigenvalue weighted by atomic mass is 10.1. The summed E-state index contributed by atoms with van der Waals surface area (Å²) in [5, 5.41) is 0.742. The molecule has 0 heterocycles. The van der Waals surface area contributed by atoms with Crippen LogP contribution in [0.4, 0.5) is 0 Å². The molecule has 0 aliphatic rings. The molecule has 0 atom stereocenters. The van der Waals surface area contributed by atoms with Gasteiger partial charge in [0.15, 0.2) is 0 Å². The second-order valence-corrected chi connectivity index (χ2v) is 4.11. The zero-order valence-electron chi connectivity index (χ0n) is 9.40. The number of benzene rings is 2. The van der Waals surface area contributed by atoms with Crippen molar-refractivity contribution in [3.05, 3.63) is 53.6 Å². The highest BCUT2D eigenvalue weighted by molar-refractivity contribution is 6.30. The second-order valence-electron chi connectivity index (χ2n) is 3.67. The molecule has 0 saturated carbocycles. The third-order valence-corrected chi connectivity index (χ3v) is 2.63. The van der Waals surface area contributed by atoms with E-state index in [0.29, 0.717) is 13.2 Å². The first-order valence-electron chi connectivity index (χ1n) is 5.48. The van der Waals surface area contributed by atoms with Gasteiger partial charge in [-0.15, -0.1) is 0 Å². The van der Waals surface area contributed by atoms with Crippen molar-refractivity contribution < 1.29 is 4.74 Å². The zero-order valence-corrected chi connectivity index (χ0v) is 10.2. The van der Waals surface area contributed by atoms with Gasteiger partial charge in [-0.05, 0) is 35.4 Å². The van der Waals surface area contributed by atoms with Gasteiger partial charge in [0.05, 0.1) is 0 Å². The van der Waals surface area contributed by atoms with E-state index in [1.54, 1.807) is 0 Å². The molecule has 0 aromatic heterocycles. The van der Waals surface area contributed by atoms with Gasteiger partial charge in [0.2, 0.25) is 0 Å². The van der Waals surface area contributed by atoms with E-state index in [9.17, 15) is 0 Å². The molecule has 0 amide bonds. The Morgan fingerprint density at radius 2 is 1.76 bits per heavy atom. The first-order chi connectivity index (χ1) is 8.29. The largest absolute Gasteiger partial charge is 0.492 e. The fourth-order valence-corrected chi connectivity index (χ4v) is 1.78. The normalized spacial score (nSPS) is 10.2. The number of hydrogen-bond acceptors (Lipinski definition) is 2. The summed E-state index contributed by atoms with van der Waals surface area (Å²) in [6.45, 7) is 1.06. The fraction of sp³-hybridized carbons (Fsp3) is 0.143. The summed E-state index contributed by atoms with van der Waals surface area (Å²) in [5.74, 6) is 0.834. The van der Waals surface area contributed by atoms with E-state index >= 15 is 0 Å². The minimum atomic E-state index is 0.524. The summed E-state index contributed by atoms with van der Waals surface area (Å²) in [6, 6.07) is 15.7. The van der Waals surface area contributed by atoms with Crippen LogP contribution >= 0.6 is 11.6 Å². The van der Waals surface area contributed by atoms with E-state index in [1.165, 1.54) is 0 Å². The van der Waals surface area contributed by atoms with Crippen molar-refractivity contribution in [2.24, 2.45) is 5.73 Å². The maximum atomic E-state index is 5.96. The van der Waals surface area contributed by atoms with Gasteiger partial charge in [-0.25, -0.2) is 0 Å². The van der Waals surface area contributed by atoms with Crippen molar-refractivity contribution >= 4 is 11.6 Å². The number of hydrogen-bond donors (Lipinski definition) is 1. The minimum Gasteiger partial charge on any atom is -0.492 e. The van der Waals surface area contributed by atoms with Crippen molar-refractivity contribution in [1.29, 1.82) is 0 Å². The van der Waals surface area contributed by atoms with Gasteiger partial charge >= 0.3 is 0 Å². The maximum absolute atomic E-state index is 5.96. The van der Waals surface area contributed by atoms with Gasteiger partial charge in [0.1, 0.15) is 12.4 Å². The van der Waals surface area contributed by atoms with Crippen molar-refractivity contribution in [2.75, 3.05) is 13.2 Å². The lowest BCUT2D eigenvalue weighted by Crippen LogP contribution is -2.10. The van der Waals surface area contributed by atoms with E-state index in [1.807, 2.05) is 48.5 Å². The smallest absolute Gasteiger partial charge is 0.119 e. The molecule has 2 nitrogen and oxygen atoms in total. The molecule has 2 aromatic rings. The van der Waals surface area contributed by atoms with Crippen LogP contribution in [0.5, 0.6) is 5.75 Å². The Morgan fingerprint density at radius 1 is 1.00 bits per heavy atom. The van der Waals surface area contributed by atoms with E-state index in [0.717, 1.165) is 21.9 Å². The van der Waals surface area contributed by atoms with E-state index in [2.05, 4.69) is 0 Å². The highest BCUT2D eigenvalue weighted by Gasteiger charge is 1.99. The lowest BCUT2D eigenvalue weighted by molar-refractivity contribution is 0.328. The van der Waals surface area contributed by atoms with Gasteiger partial charge in [-0.1, -0.05) is 35.9 Å². The summed E-state index contributed by atoms with van der Waals surface area (Å²) in [6.07, 6.45) is 0. The first kappa shape index (κ1) is 12.0. The molecule has 17 heavy (non-hydrogen) atoms. The van der Waals surface area contributed by atoms with Crippen LogP contribution in [0.2, 0.25) is 5.02 Å². The topological polar surface area (TPSA) is 35.2 Å². The summed E-state index contributed by atoms with van der Waals surface area (Å²) in [5.41, 5.74) is 7.59. The number of rotatable bonds is 4. The van der Waals surface area contributed by atoms with Crippen LogP contribution in [-0.2, 0) is 0 Å². The highest BCUT2D eigenvalue weighted by atomic mass is 35.5. The highest BCUT2D eigenvalue weighted by Crippen LogP contribution is 2.24. The Labute approximate surface area is 106 Å². The monoisotopic (exact) mass is 247 g/mol. The molecule has 0 aliphatic carbocycles. The predicted octanol–water partition coefficient (Wildman–Crippen LogP) is 3.34. The number of nitrogens with two attached hydrogens (primary N) is 1. The van der Waals surface area contributed by atoms with Gasteiger partial charge in [-0.3, -0.25) is 0 Å². The molecule has 0 saturated heterocycles. The number of ether oxygens (including phenoxy) is 1. The first-order valence-corrected chi connectivity index (χ1v) is 5.86. The maximum Gasteiger partial charge on any atom is 0.119 e. The molecular weight excluding hydrogens is 234 g/mol. The van der Waals surface area contributed by atoms with Crippen molar-refractivity contribution in [3.63, 3.8) is 0 Å². The molecule has 2 rings (SSSR count). The summed E-state index contributed by atoms with van der Waals surface area (Å²) in [4.78, 5) is 0. The van der Waals surface area contributed by atoms with Gasteiger partial charge in [0, 0.05) is 11.6 Å². The Hall–Kier alpha value is -1.51. The Morgan fingerprint density at radius 3 is 2.41 bits per heavy atom. The quantitative estimate of drug-likeness (QED) is 0.899. The second kappa shape index (κ2) is 5.71. The Kier molecular flexibility index (Phi) is 4.02. The SMILES string of the molecule is NCCOc1ccc(-c2cccc(Cl)c2)cc1. The van der Waals surface area contributed by atoms with E-state index in [4.69, 9.17) is 22.1 Å². The van der Waals surface area contributed by atoms with Gasteiger partial charge in [0.25, 0.3) is 0 Å². The van der Waals surface area contributed by atoms with Crippen molar-refractivity contribution in [1.82, 2.24) is 0 Å². The lowest BCUT2D eigenvalue weighted by Gasteiger charge is -2.06. The average Bonchev–Trinajstić information content (AvgIpc) is 2.37. The molecule has 2 N–H and O–H groups in total. The van der Waals surface area contributed by atoms with Crippen LogP contribution in [0.3, 0.4) is 0 Å². The summed E-state index contributed by atoms with van der Waals surface area (Å²) in [7, 11) is 0. The molecule has 0 spiro atoms. The Bertz CT molecular complexity index is 482. The van der Waals surface area contributed by atoms with Gasteiger partial charge in [-0.2, -0.15) is 0 Å². The summed E-state index contributed by atoms with van der Waals surface area (Å²) >= 11 is 5.96. The molecule has 0 fully saturated rings. The van der Waals surface area contributed by atoms with Crippen molar-refractivity contribution in [3.8, 4) is 16.9 Å². The fourth-order valence-electron chi connectivity index (χ4n) is 1.59. The van der Waals surface area contributed by atoms with Crippen LogP contribution < -0.4 is 10.5 Å². The van der Waals surface area contributed by atoms with E-state index in [-0.39, 0.29) is 0 Å². The third kappa shape index (κ3) is 3.22. The molecule has 0 unspecified atom stereocenters. The average molecular weight is 248 g/mol. The Balaban J connectivity index is 2.17. The minimum absolute atomic E-state index is 0.524. The van der Waals surface area contributed by atoms with Crippen LogP contribution in [-0.4, -0.2) is 13.2 Å². The zero-order chi connectivity index (χ0) is 12.1. The molecule has 3 heteroatoms. The molecule has 2 aromatic carbocycles. The standard InChI is InChI=1S/C14H14ClNO/c15-13-3-1-2-12(10-13)11-4-6-14(7-5-11)17-9-8-16/h1-7,10H,8-9,16H2.